The number of hydrogen-bond donors (Lipinski definition) is 0. The van der Waals surface area contributed by atoms with Gasteiger partial charge in [0, 0.05) is 22.2 Å². The minimum atomic E-state index is -0.342. The molecule has 144 valence electrons. The molecule has 3 aromatic rings. The third-order valence-electron chi connectivity index (χ3n) is 5.00. The van der Waals surface area contributed by atoms with Gasteiger partial charge in [-0.3, -0.25) is 4.79 Å². The zero-order valence-corrected chi connectivity index (χ0v) is 17.5. The molecule has 4 rings (SSSR count). The molecule has 0 saturated carbocycles. The van der Waals surface area contributed by atoms with E-state index in [1.54, 1.807) is 12.1 Å². The zero-order valence-electron chi connectivity index (χ0n) is 15.4. The van der Waals surface area contributed by atoms with E-state index in [1.807, 2.05) is 30.0 Å². The van der Waals surface area contributed by atoms with E-state index in [1.165, 1.54) is 12.1 Å². The van der Waals surface area contributed by atoms with Crippen LogP contribution in [0.25, 0.3) is 11.4 Å². The number of nitrogens with zero attached hydrogens (tertiary/aromatic N) is 3. The van der Waals surface area contributed by atoms with Crippen LogP contribution < -0.4 is 0 Å². The molecule has 1 atom stereocenters. The molecule has 1 fully saturated rings. The quantitative estimate of drug-likeness (QED) is 0.494. The second kappa shape index (κ2) is 7.98. The number of carbonyl (C=O) groups excluding carboxylic acids is 1. The van der Waals surface area contributed by atoms with Gasteiger partial charge in [0.1, 0.15) is 5.82 Å². The van der Waals surface area contributed by atoms with E-state index in [-0.39, 0.29) is 17.6 Å². The van der Waals surface area contributed by atoms with Crippen LogP contribution in [-0.2, 0) is 0 Å². The maximum atomic E-state index is 13.4. The molecule has 1 amide bonds. The first-order valence-corrected chi connectivity index (χ1v) is 10.2. The summed E-state index contributed by atoms with van der Waals surface area (Å²) >= 11 is 2.23. The Morgan fingerprint density at radius 3 is 2.93 bits per heavy atom. The molecular formula is C21H19FIN3O2. The van der Waals surface area contributed by atoms with E-state index in [0.29, 0.717) is 30.4 Å². The van der Waals surface area contributed by atoms with Crippen molar-refractivity contribution in [3.8, 4) is 11.4 Å². The first-order valence-electron chi connectivity index (χ1n) is 9.17. The second-order valence-electron chi connectivity index (χ2n) is 6.99. The Hall–Kier alpha value is -2.29. The number of rotatable bonds is 3. The van der Waals surface area contributed by atoms with Crippen molar-refractivity contribution in [3.63, 3.8) is 0 Å². The van der Waals surface area contributed by atoms with Gasteiger partial charge in [0.25, 0.3) is 5.91 Å². The number of aromatic nitrogens is 2. The fourth-order valence-corrected chi connectivity index (χ4v) is 4.08. The lowest BCUT2D eigenvalue weighted by molar-refractivity contribution is 0.0694. The van der Waals surface area contributed by atoms with Gasteiger partial charge in [-0.25, -0.2) is 4.39 Å². The molecule has 1 aromatic heterocycles. The Labute approximate surface area is 176 Å². The van der Waals surface area contributed by atoms with Gasteiger partial charge >= 0.3 is 0 Å². The lowest BCUT2D eigenvalue weighted by Gasteiger charge is -2.31. The van der Waals surface area contributed by atoms with Crippen LogP contribution in [0.1, 0.15) is 40.6 Å². The molecule has 2 heterocycles. The molecule has 0 aliphatic carbocycles. The largest absolute Gasteiger partial charge is 0.339 e. The lowest BCUT2D eigenvalue weighted by atomic mass is 9.97. The lowest BCUT2D eigenvalue weighted by Crippen LogP contribution is -2.39. The van der Waals surface area contributed by atoms with Gasteiger partial charge in [-0.15, -0.1) is 0 Å². The van der Waals surface area contributed by atoms with Crippen molar-refractivity contribution in [2.45, 2.75) is 25.7 Å². The van der Waals surface area contributed by atoms with Crippen molar-refractivity contribution < 1.29 is 13.7 Å². The molecule has 0 bridgehead atoms. The van der Waals surface area contributed by atoms with Gasteiger partial charge in [-0.05, 0) is 66.1 Å². The van der Waals surface area contributed by atoms with Crippen molar-refractivity contribution >= 4 is 28.5 Å². The summed E-state index contributed by atoms with van der Waals surface area (Å²) in [4.78, 5) is 19.3. The summed E-state index contributed by atoms with van der Waals surface area (Å²) in [5.74, 6) is 0.533. The van der Waals surface area contributed by atoms with Gasteiger partial charge in [0.2, 0.25) is 11.7 Å². The van der Waals surface area contributed by atoms with Crippen LogP contribution in [0.3, 0.4) is 0 Å². The van der Waals surface area contributed by atoms with E-state index in [0.717, 1.165) is 27.5 Å². The third-order valence-corrected chi connectivity index (χ3v) is 6.44. The van der Waals surface area contributed by atoms with E-state index >= 15 is 0 Å². The van der Waals surface area contributed by atoms with E-state index in [9.17, 15) is 9.18 Å². The molecule has 1 aliphatic rings. The van der Waals surface area contributed by atoms with Gasteiger partial charge in [0.05, 0.1) is 11.5 Å². The Kier molecular flexibility index (Phi) is 5.43. The average Bonchev–Trinajstić information content (AvgIpc) is 3.20. The number of carbonyl (C=O) groups is 1. The highest BCUT2D eigenvalue weighted by Gasteiger charge is 2.30. The second-order valence-corrected chi connectivity index (χ2v) is 8.07. The molecule has 2 aromatic carbocycles. The number of benzene rings is 2. The number of amides is 1. The molecule has 28 heavy (non-hydrogen) atoms. The molecule has 0 spiro atoms. The first-order chi connectivity index (χ1) is 13.5. The number of likely N-dealkylation sites (tertiary alicyclic amines) is 1. The summed E-state index contributed by atoms with van der Waals surface area (Å²) in [5.41, 5.74) is 2.40. The van der Waals surface area contributed by atoms with E-state index in [2.05, 4.69) is 32.7 Å². The Balaban J connectivity index is 1.53. The molecule has 5 nitrogen and oxygen atoms in total. The Bertz CT molecular complexity index is 1020. The normalized spacial score (nSPS) is 17.0. The summed E-state index contributed by atoms with van der Waals surface area (Å²) in [6, 6.07) is 11.9. The molecule has 7 heteroatoms. The first kappa shape index (κ1) is 19.0. The highest BCUT2D eigenvalue weighted by Crippen LogP contribution is 2.29. The van der Waals surface area contributed by atoms with Crippen molar-refractivity contribution in [3.05, 3.63) is 68.9 Å². The SMILES string of the molecule is Cc1cccc(C(=O)N2CCCC(c3nc(-c4cccc(F)c4)no3)C2)c1I. The zero-order chi connectivity index (χ0) is 19.7. The summed E-state index contributed by atoms with van der Waals surface area (Å²) in [6.45, 7) is 3.25. The Morgan fingerprint density at radius 1 is 1.29 bits per heavy atom. The topological polar surface area (TPSA) is 59.2 Å². The number of aryl methyl sites for hydroxylation is 1. The highest BCUT2D eigenvalue weighted by molar-refractivity contribution is 14.1. The van der Waals surface area contributed by atoms with Crippen LogP contribution in [0.5, 0.6) is 0 Å². The minimum Gasteiger partial charge on any atom is -0.339 e. The van der Waals surface area contributed by atoms with Crippen molar-refractivity contribution in [1.29, 1.82) is 0 Å². The van der Waals surface area contributed by atoms with Gasteiger partial charge in [-0.1, -0.05) is 29.4 Å². The predicted molar refractivity (Wildman–Crippen MR) is 111 cm³/mol. The maximum Gasteiger partial charge on any atom is 0.254 e. The summed E-state index contributed by atoms with van der Waals surface area (Å²) in [7, 11) is 0. The molecule has 1 saturated heterocycles. The van der Waals surface area contributed by atoms with Crippen molar-refractivity contribution in [2.24, 2.45) is 0 Å². The third kappa shape index (κ3) is 3.80. The number of halogens is 2. The number of piperidine rings is 1. The number of hydrogen-bond acceptors (Lipinski definition) is 4. The van der Waals surface area contributed by atoms with Crippen LogP contribution in [0, 0.1) is 16.3 Å². The van der Waals surface area contributed by atoms with Crippen LogP contribution in [0.4, 0.5) is 4.39 Å². The highest BCUT2D eigenvalue weighted by atomic mass is 127. The smallest absolute Gasteiger partial charge is 0.254 e. The monoisotopic (exact) mass is 491 g/mol. The predicted octanol–water partition coefficient (Wildman–Crippen LogP) is 4.81. The van der Waals surface area contributed by atoms with Gasteiger partial charge in [-0.2, -0.15) is 4.98 Å². The van der Waals surface area contributed by atoms with Gasteiger partial charge < -0.3 is 9.42 Å². The molecule has 1 unspecified atom stereocenters. The van der Waals surface area contributed by atoms with Crippen LogP contribution in [-0.4, -0.2) is 34.0 Å². The summed E-state index contributed by atoms with van der Waals surface area (Å²) in [6.07, 6.45) is 1.75. The maximum absolute atomic E-state index is 13.4. The van der Waals surface area contributed by atoms with Gasteiger partial charge in [0.15, 0.2) is 0 Å². The van der Waals surface area contributed by atoms with E-state index in [4.69, 9.17) is 4.52 Å². The Morgan fingerprint density at radius 2 is 2.11 bits per heavy atom. The minimum absolute atomic E-state index is 0.0185. The molecule has 1 aliphatic heterocycles. The van der Waals surface area contributed by atoms with Crippen molar-refractivity contribution in [1.82, 2.24) is 15.0 Å². The standard InChI is InChI=1S/C21H19FIN3O2/c1-13-5-2-9-17(18(13)23)21(27)26-10-4-7-15(12-26)20-24-19(25-28-20)14-6-3-8-16(22)11-14/h2-3,5-6,8-9,11,15H,4,7,10,12H2,1H3. The molecule has 0 radical (unpaired) electrons. The van der Waals surface area contributed by atoms with E-state index < -0.39 is 0 Å². The fourth-order valence-electron chi connectivity index (χ4n) is 3.49. The van der Waals surface area contributed by atoms with Crippen molar-refractivity contribution in [2.75, 3.05) is 13.1 Å². The fraction of sp³-hybridized carbons (Fsp3) is 0.286. The van der Waals surface area contributed by atoms with Crippen LogP contribution in [0.2, 0.25) is 0 Å². The van der Waals surface area contributed by atoms with Crippen LogP contribution >= 0.6 is 22.6 Å². The summed E-state index contributed by atoms with van der Waals surface area (Å²) in [5, 5.41) is 4.00. The summed E-state index contributed by atoms with van der Waals surface area (Å²) < 4.78 is 19.9. The molecular weight excluding hydrogens is 472 g/mol. The van der Waals surface area contributed by atoms with Crippen LogP contribution in [0.15, 0.2) is 47.0 Å². The average molecular weight is 491 g/mol. The molecule has 0 N–H and O–H groups in total.